The second-order valence-electron chi connectivity index (χ2n) is 15.2. The third-order valence-corrected chi connectivity index (χ3v) is 10.6. The summed E-state index contributed by atoms with van der Waals surface area (Å²) in [6.45, 7) is 2.78. The van der Waals surface area contributed by atoms with Crippen LogP contribution in [0.3, 0.4) is 0 Å². The number of phosphoric acid groups is 1. The van der Waals surface area contributed by atoms with Gasteiger partial charge in [-0.05, 0) is 64.2 Å². The smallest absolute Gasteiger partial charge is 0.472 e. The van der Waals surface area contributed by atoms with E-state index in [2.05, 4.69) is 42.7 Å². The summed E-state index contributed by atoms with van der Waals surface area (Å²) in [5.41, 5.74) is 5.33. The number of carbonyl (C=O) groups is 3. The molecule has 0 saturated carbocycles. The van der Waals surface area contributed by atoms with E-state index in [0.717, 1.165) is 57.8 Å². The van der Waals surface area contributed by atoms with Crippen LogP contribution >= 0.6 is 7.82 Å². The van der Waals surface area contributed by atoms with Crippen LogP contribution in [0.25, 0.3) is 0 Å². The Hall–Kier alpha value is -2.04. The van der Waals surface area contributed by atoms with Crippen LogP contribution < -0.4 is 5.73 Å². The predicted molar refractivity (Wildman–Crippen MR) is 226 cm³/mol. The average Bonchev–Trinajstić information content (AvgIpc) is 3.17. The van der Waals surface area contributed by atoms with E-state index in [1.807, 2.05) is 0 Å². The van der Waals surface area contributed by atoms with Gasteiger partial charge in [-0.25, -0.2) is 4.57 Å². The van der Waals surface area contributed by atoms with Gasteiger partial charge in [0.2, 0.25) is 0 Å². The molecule has 0 rings (SSSR count). The molecular weight excluding hydrogens is 733 g/mol. The topological polar surface area (TPSA) is 172 Å². The number of carboxylic acids is 1. The lowest BCUT2D eigenvalue weighted by atomic mass is 10.1. The quantitative estimate of drug-likeness (QED) is 0.0232. The van der Waals surface area contributed by atoms with E-state index in [0.29, 0.717) is 12.8 Å². The van der Waals surface area contributed by atoms with Crippen molar-refractivity contribution in [2.45, 2.75) is 219 Å². The van der Waals surface area contributed by atoms with Gasteiger partial charge in [0, 0.05) is 12.8 Å². The summed E-state index contributed by atoms with van der Waals surface area (Å²) in [6.07, 6.45) is 41.0. The minimum atomic E-state index is -4.71. The Morgan fingerprint density at radius 3 is 1.32 bits per heavy atom. The maximum absolute atomic E-state index is 12.6. The standard InChI is InChI=1S/C44H82NO10P/c1-3-5-7-9-11-13-15-17-18-19-20-21-22-24-25-27-29-31-33-35-42(46)52-37-40(38-53-56(50,51)54-39-41(45)44(48)49)55-43(47)36-34-32-30-28-26-23-16-14-12-10-8-6-4-2/h14,16-18,40-41H,3-13,15,19-39,45H2,1-2H3,(H,48,49)(H,50,51)/b16-14+,18-17+/t40-,41+/m0/s1. The number of carboxylic acid groups (broad SMARTS) is 1. The molecule has 0 aromatic rings. The van der Waals surface area contributed by atoms with Crippen molar-refractivity contribution in [1.29, 1.82) is 0 Å². The molecule has 0 fully saturated rings. The van der Waals surface area contributed by atoms with Gasteiger partial charge in [0.25, 0.3) is 0 Å². The number of hydrogen-bond donors (Lipinski definition) is 3. The number of rotatable bonds is 42. The Balaban J connectivity index is 4.30. The molecule has 0 aromatic heterocycles. The summed E-state index contributed by atoms with van der Waals surface area (Å²) < 4.78 is 32.7. The van der Waals surface area contributed by atoms with E-state index in [4.69, 9.17) is 24.8 Å². The van der Waals surface area contributed by atoms with Gasteiger partial charge >= 0.3 is 25.7 Å². The molecule has 4 N–H and O–H groups in total. The number of hydrogen-bond acceptors (Lipinski definition) is 9. The van der Waals surface area contributed by atoms with Crippen molar-refractivity contribution < 1.29 is 47.5 Å². The third-order valence-electron chi connectivity index (χ3n) is 9.67. The van der Waals surface area contributed by atoms with Crippen LogP contribution in [-0.4, -0.2) is 59.9 Å². The summed E-state index contributed by atoms with van der Waals surface area (Å²) in [7, 11) is -4.71. The Morgan fingerprint density at radius 1 is 0.536 bits per heavy atom. The molecule has 0 saturated heterocycles. The molecule has 12 heteroatoms. The van der Waals surface area contributed by atoms with Crippen LogP contribution in [-0.2, 0) is 37.5 Å². The van der Waals surface area contributed by atoms with Gasteiger partial charge in [0.05, 0.1) is 13.2 Å². The molecule has 0 aliphatic carbocycles. The highest BCUT2D eigenvalue weighted by molar-refractivity contribution is 7.47. The molecule has 0 heterocycles. The molecule has 0 aliphatic heterocycles. The zero-order chi connectivity index (χ0) is 41.4. The van der Waals surface area contributed by atoms with E-state index in [-0.39, 0.29) is 19.4 Å². The summed E-state index contributed by atoms with van der Waals surface area (Å²) in [5, 5.41) is 8.88. The number of nitrogens with two attached hydrogens (primary N) is 1. The molecular formula is C44H82NO10P. The summed E-state index contributed by atoms with van der Waals surface area (Å²) in [4.78, 5) is 45.9. The summed E-state index contributed by atoms with van der Waals surface area (Å²) in [5.74, 6) is -2.39. The molecule has 0 radical (unpaired) electrons. The second kappa shape index (κ2) is 39.8. The van der Waals surface area contributed by atoms with Crippen LogP contribution in [0.15, 0.2) is 24.3 Å². The van der Waals surface area contributed by atoms with E-state index in [1.54, 1.807) is 0 Å². The molecule has 11 nitrogen and oxygen atoms in total. The van der Waals surface area contributed by atoms with Crippen LogP contribution in [0.2, 0.25) is 0 Å². The lowest BCUT2D eigenvalue weighted by molar-refractivity contribution is -0.161. The average molecular weight is 816 g/mol. The van der Waals surface area contributed by atoms with Gasteiger partial charge in [0.15, 0.2) is 6.10 Å². The molecule has 0 amide bonds. The number of ether oxygens (including phenoxy) is 2. The Kier molecular flexibility index (Phi) is 38.3. The zero-order valence-electron chi connectivity index (χ0n) is 35.5. The number of unbranched alkanes of at least 4 members (excludes halogenated alkanes) is 24. The normalized spacial score (nSPS) is 13.9. The van der Waals surface area contributed by atoms with E-state index in [9.17, 15) is 23.8 Å². The summed E-state index contributed by atoms with van der Waals surface area (Å²) in [6, 6.07) is -1.52. The highest BCUT2D eigenvalue weighted by Crippen LogP contribution is 2.43. The molecule has 56 heavy (non-hydrogen) atoms. The first-order chi connectivity index (χ1) is 27.1. The van der Waals surface area contributed by atoms with Gasteiger partial charge in [-0.2, -0.15) is 0 Å². The first kappa shape index (κ1) is 54.0. The lowest BCUT2D eigenvalue weighted by Crippen LogP contribution is -2.34. The van der Waals surface area contributed by atoms with Crippen molar-refractivity contribution in [3.05, 3.63) is 24.3 Å². The van der Waals surface area contributed by atoms with Crippen molar-refractivity contribution in [2.75, 3.05) is 19.8 Å². The Morgan fingerprint density at radius 2 is 0.893 bits per heavy atom. The van der Waals surface area contributed by atoms with Gasteiger partial charge in [-0.15, -0.1) is 0 Å². The van der Waals surface area contributed by atoms with Crippen LogP contribution in [0, 0.1) is 0 Å². The molecule has 3 atom stereocenters. The van der Waals surface area contributed by atoms with Crippen molar-refractivity contribution in [3.8, 4) is 0 Å². The van der Waals surface area contributed by atoms with Crippen LogP contribution in [0.1, 0.15) is 206 Å². The zero-order valence-corrected chi connectivity index (χ0v) is 36.4. The molecule has 328 valence electrons. The Labute approximate surface area is 340 Å². The van der Waals surface area contributed by atoms with Crippen LogP contribution in [0.5, 0.6) is 0 Å². The van der Waals surface area contributed by atoms with E-state index < -0.39 is 51.1 Å². The van der Waals surface area contributed by atoms with Gasteiger partial charge in [-0.3, -0.25) is 23.4 Å². The largest absolute Gasteiger partial charge is 0.480 e. The van der Waals surface area contributed by atoms with Gasteiger partial charge in [0.1, 0.15) is 12.6 Å². The second-order valence-corrected chi connectivity index (χ2v) is 16.6. The first-order valence-electron chi connectivity index (χ1n) is 22.4. The number of allylic oxidation sites excluding steroid dienone is 4. The highest BCUT2D eigenvalue weighted by atomic mass is 31.2. The molecule has 0 aromatic carbocycles. The molecule has 1 unspecified atom stereocenters. The minimum Gasteiger partial charge on any atom is -0.480 e. The van der Waals surface area contributed by atoms with Crippen molar-refractivity contribution in [1.82, 2.24) is 0 Å². The van der Waals surface area contributed by atoms with Crippen molar-refractivity contribution in [2.24, 2.45) is 5.73 Å². The fourth-order valence-electron chi connectivity index (χ4n) is 6.11. The highest BCUT2D eigenvalue weighted by Gasteiger charge is 2.28. The maximum atomic E-state index is 12.6. The van der Waals surface area contributed by atoms with Gasteiger partial charge < -0.3 is 25.2 Å². The van der Waals surface area contributed by atoms with Gasteiger partial charge in [-0.1, -0.05) is 154 Å². The monoisotopic (exact) mass is 816 g/mol. The maximum Gasteiger partial charge on any atom is 0.472 e. The lowest BCUT2D eigenvalue weighted by Gasteiger charge is -2.20. The minimum absolute atomic E-state index is 0.152. The van der Waals surface area contributed by atoms with Crippen LogP contribution in [0.4, 0.5) is 0 Å². The first-order valence-corrected chi connectivity index (χ1v) is 23.9. The number of carbonyl (C=O) groups excluding carboxylic acids is 2. The van der Waals surface area contributed by atoms with E-state index >= 15 is 0 Å². The fraction of sp³-hybridized carbons (Fsp3) is 0.841. The van der Waals surface area contributed by atoms with Crippen molar-refractivity contribution >= 4 is 25.7 Å². The molecule has 0 aliphatic rings. The number of aliphatic carboxylic acids is 1. The molecule has 0 spiro atoms. The third kappa shape index (κ3) is 38.8. The number of phosphoric ester groups is 1. The Bertz CT molecular complexity index is 1050. The molecule has 0 bridgehead atoms. The summed E-state index contributed by atoms with van der Waals surface area (Å²) >= 11 is 0. The fourth-order valence-corrected chi connectivity index (χ4v) is 6.89. The van der Waals surface area contributed by atoms with E-state index in [1.165, 1.54) is 109 Å². The SMILES string of the molecule is CCCCCC/C=C/CCCCCCCC(=O)O[C@@H](COC(=O)CCCCCCCCCCC/C=C/CCCCCCCC)COP(=O)(O)OC[C@@H](N)C(=O)O. The predicted octanol–water partition coefficient (Wildman–Crippen LogP) is 11.8. The number of esters is 2. The van der Waals surface area contributed by atoms with Crippen molar-refractivity contribution in [3.63, 3.8) is 0 Å².